The molecule has 0 radical (unpaired) electrons. The van der Waals surface area contributed by atoms with Crippen LogP contribution < -0.4 is 4.74 Å². The lowest BCUT2D eigenvalue weighted by molar-refractivity contribution is -0.384. The minimum absolute atomic E-state index is 0.00539. The number of hydrogen-bond donors (Lipinski definition) is 0. The van der Waals surface area contributed by atoms with Crippen LogP contribution in [0, 0.1) is 10.1 Å². The molecule has 0 N–H and O–H groups in total. The van der Waals surface area contributed by atoms with Crippen LogP contribution in [-0.4, -0.2) is 17.2 Å². The summed E-state index contributed by atoms with van der Waals surface area (Å²) in [6, 6.07) is 19.3. The van der Waals surface area contributed by atoms with Crippen molar-refractivity contribution in [2.45, 2.75) is 9.79 Å². The van der Waals surface area contributed by atoms with Crippen molar-refractivity contribution in [3.8, 4) is 5.75 Å². The molecule has 134 valence electrons. The van der Waals surface area contributed by atoms with Crippen molar-refractivity contribution in [3.63, 3.8) is 0 Å². The number of carbonyl (C=O) groups is 2. The van der Waals surface area contributed by atoms with Gasteiger partial charge in [0.1, 0.15) is 12.0 Å². The Balaban J connectivity index is 1.79. The molecule has 0 unspecified atom stereocenters. The zero-order valence-corrected chi connectivity index (χ0v) is 14.7. The third-order valence-electron chi connectivity index (χ3n) is 3.61. The van der Waals surface area contributed by atoms with Crippen LogP contribution in [0.2, 0.25) is 0 Å². The maximum absolute atomic E-state index is 12.5. The SMILES string of the molecule is O=Cc1ccc(OC(=O)c2ccccc2Sc2ccc([N+](=O)[O-])cc2)cc1. The maximum atomic E-state index is 12.5. The molecule has 0 heterocycles. The summed E-state index contributed by atoms with van der Waals surface area (Å²) >= 11 is 1.31. The molecule has 0 aliphatic carbocycles. The summed E-state index contributed by atoms with van der Waals surface area (Å²) in [5.74, 6) is -0.195. The standard InChI is InChI=1S/C20H13NO5S/c22-13-14-5-9-16(10-6-14)26-20(23)18-3-1-2-4-19(18)27-17-11-7-15(8-12-17)21(24)25/h1-13H. The fourth-order valence-corrected chi connectivity index (χ4v) is 3.20. The van der Waals surface area contributed by atoms with E-state index >= 15 is 0 Å². The normalized spacial score (nSPS) is 10.2. The molecule has 0 aliphatic rings. The monoisotopic (exact) mass is 379 g/mol. The Morgan fingerprint density at radius 2 is 1.63 bits per heavy atom. The number of ether oxygens (including phenoxy) is 1. The number of nitrogens with zero attached hydrogens (tertiary/aromatic N) is 1. The van der Waals surface area contributed by atoms with E-state index < -0.39 is 10.9 Å². The molecular formula is C20H13NO5S. The highest BCUT2D eigenvalue weighted by Crippen LogP contribution is 2.32. The van der Waals surface area contributed by atoms with E-state index in [1.54, 1.807) is 60.7 Å². The predicted molar refractivity (Wildman–Crippen MR) is 100 cm³/mol. The molecule has 3 aromatic rings. The first-order valence-corrected chi connectivity index (χ1v) is 8.67. The molecular weight excluding hydrogens is 366 g/mol. The van der Waals surface area contributed by atoms with E-state index in [2.05, 4.69) is 0 Å². The van der Waals surface area contributed by atoms with Crippen LogP contribution in [0.25, 0.3) is 0 Å². The summed E-state index contributed by atoms with van der Waals surface area (Å²) in [6.45, 7) is 0. The maximum Gasteiger partial charge on any atom is 0.344 e. The minimum Gasteiger partial charge on any atom is -0.423 e. The molecule has 7 heteroatoms. The van der Waals surface area contributed by atoms with Crippen molar-refractivity contribution in [1.82, 2.24) is 0 Å². The van der Waals surface area contributed by atoms with Crippen molar-refractivity contribution in [2.24, 2.45) is 0 Å². The second kappa shape index (κ2) is 8.29. The number of nitro groups is 1. The lowest BCUT2D eigenvalue weighted by Crippen LogP contribution is -2.09. The molecule has 0 aliphatic heterocycles. The van der Waals surface area contributed by atoms with Gasteiger partial charge in [-0.2, -0.15) is 0 Å². The first-order chi connectivity index (χ1) is 13.1. The van der Waals surface area contributed by atoms with Gasteiger partial charge in [-0.05, 0) is 48.5 Å². The van der Waals surface area contributed by atoms with E-state index in [4.69, 9.17) is 4.74 Å². The van der Waals surface area contributed by atoms with E-state index in [1.807, 2.05) is 0 Å². The molecule has 3 rings (SSSR count). The Bertz CT molecular complexity index is 984. The summed E-state index contributed by atoms with van der Waals surface area (Å²) < 4.78 is 5.37. The molecule has 0 aromatic heterocycles. The van der Waals surface area contributed by atoms with E-state index in [-0.39, 0.29) is 5.69 Å². The van der Waals surface area contributed by atoms with Gasteiger partial charge in [0.05, 0.1) is 10.5 Å². The van der Waals surface area contributed by atoms with Gasteiger partial charge in [0, 0.05) is 27.5 Å². The number of aldehydes is 1. The number of nitro benzene ring substituents is 1. The van der Waals surface area contributed by atoms with Crippen LogP contribution in [0.15, 0.2) is 82.6 Å². The average molecular weight is 379 g/mol. The summed E-state index contributed by atoms with van der Waals surface area (Å²) in [7, 11) is 0. The number of rotatable bonds is 6. The lowest BCUT2D eigenvalue weighted by Gasteiger charge is -2.09. The molecule has 0 spiro atoms. The smallest absolute Gasteiger partial charge is 0.344 e. The first kappa shape index (κ1) is 18.3. The van der Waals surface area contributed by atoms with Gasteiger partial charge in [-0.1, -0.05) is 23.9 Å². The molecule has 0 bridgehead atoms. The van der Waals surface area contributed by atoms with E-state index in [0.29, 0.717) is 28.1 Å². The highest BCUT2D eigenvalue weighted by molar-refractivity contribution is 7.99. The number of carbonyl (C=O) groups excluding carboxylic acids is 2. The Labute approximate surface area is 158 Å². The molecule has 0 saturated carbocycles. The van der Waals surface area contributed by atoms with Crippen LogP contribution >= 0.6 is 11.8 Å². The van der Waals surface area contributed by atoms with E-state index in [0.717, 1.165) is 4.90 Å². The van der Waals surface area contributed by atoms with Gasteiger partial charge in [-0.25, -0.2) is 4.79 Å². The van der Waals surface area contributed by atoms with Gasteiger partial charge in [0.15, 0.2) is 0 Å². The Hall–Kier alpha value is -3.45. The molecule has 27 heavy (non-hydrogen) atoms. The largest absolute Gasteiger partial charge is 0.423 e. The Morgan fingerprint density at radius 1 is 0.963 bits per heavy atom. The Kier molecular flexibility index (Phi) is 5.63. The predicted octanol–water partition coefficient (Wildman–Crippen LogP) is 4.78. The summed E-state index contributed by atoms with van der Waals surface area (Å²) in [4.78, 5) is 34.9. The van der Waals surface area contributed by atoms with Gasteiger partial charge in [-0.3, -0.25) is 14.9 Å². The number of benzene rings is 3. The van der Waals surface area contributed by atoms with Crippen molar-refractivity contribution in [1.29, 1.82) is 0 Å². The average Bonchev–Trinajstić information content (AvgIpc) is 2.69. The van der Waals surface area contributed by atoms with Crippen LogP contribution in [0.4, 0.5) is 5.69 Å². The number of non-ortho nitro benzene ring substituents is 1. The zero-order valence-electron chi connectivity index (χ0n) is 13.9. The topological polar surface area (TPSA) is 86.5 Å². The lowest BCUT2D eigenvalue weighted by atomic mass is 10.2. The van der Waals surface area contributed by atoms with E-state index in [9.17, 15) is 19.7 Å². The third-order valence-corrected chi connectivity index (χ3v) is 4.69. The molecule has 3 aromatic carbocycles. The van der Waals surface area contributed by atoms with Crippen molar-refractivity contribution in [3.05, 3.63) is 94.0 Å². The van der Waals surface area contributed by atoms with Crippen LogP contribution in [0.3, 0.4) is 0 Å². The van der Waals surface area contributed by atoms with Gasteiger partial charge < -0.3 is 4.74 Å². The van der Waals surface area contributed by atoms with Gasteiger partial charge in [0.2, 0.25) is 0 Å². The highest BCUT2D eigenvalue weighted by Gasteiger charge is 2.15. The fraction of sp³-hybridized carbons (Fsp3) is 0. The van der Waals surface area contributed by atoms with Crippen molar-refractivity contribution < 1.29 is 19.2 Å². The summed E-state index contributed by atoms with van der Waals surface area (Å²) in [5, 5.41) is 10.7. The molecule has 0 saturated heterocycles. The number of esters is 1. The van der Waals surface area contributed by atoms with Crippen LogP contribution in [-0.2, 0) is 0 Å². The van der Waals surface area contributed by atoms with Gasteiger partial charge in [0.25, 0.3) is 5.69 Å². The van der Waals surface area contributed by atoms with Crippen molar-refractivity contribution in [2.75, 3.05) is 0 Å². The Morgan fingerprint density at radius 3 is 2.26 bits per heavy atom. The summed E-state index contributed by atoms with van der Waals surface area (Å²) in [5.41, 5.74) is 0.870. The highest BCUT2D eigenvalue weighted by atomic mass is 32.2. The second-order valence-corrected chi connectivity index (χ2v) is 6.54. The first-order valence-electron chi connectivity index (χ1n) is 7.85. The van der Waals surface area contributed by atoms with Gasteiger partial charge >= 0.3 is 5.97 Å². The second-order valence-electron chi connectivity index (χ2n) is 5.43. The quantitative estimate of drug-likeness (QED) is 0.201. The molecule has 6 nitrogen and oxygen atoms in total. The van der Waals surface area contributed by atoms with Crippen molar-refractivity contribution >= 4 is 29.7 Å². The van der Waals surface area contributed by atoms with Crippen LogP contribution in [0.5, 0.6) is 5.75 Å². The third kappa shape index (κ3) is 4.59. The van der Waals surface area contributed by atoms with E-state index in [1.165, 1.54) is 23.9 Å². The van der Waals surface area contributed by atoms with Gasteiger partial charge in [-0.15, -0.1) is 0 Å². The molecule has 0 amide bonds. The fourth-order valence-electron chi connectivity index (χ4n) is 2.26. The van der Waals surface area contributed by atoms with Crippen LogP contribution in [0.1, 0.15) is 20.7 Å². The summed E-state index contributed by atoms with van der Waals surface area (Å²) in [6.07, 6.45) is 0.710. The molecule has 0 atom stereocenters. The number of hydrogen-bond acceptors (Lipinski definition) is 6. The zero-order chi connectivity index (χ0) is 19.2. The molecule has 0 fully saturated rings. The minimum atomic E-state index is -0.529.